The minimum Gasteiger partial charge on any atom is -0.494 e. The molecular weight excluding hydrogens is 1390 g/mol. The van der Waals surface area contributed by atoms with Crippen LogP contribution in [0.4, 0.5) is 5.69 Å². The van der Waals surface area contributed by atoms with Gasteiger partial charge in [-0.05, 0) is 157 Å². The van der Waals surface area contributed by atoms with Gasteiger partial charge >= 0.3 is 0 Å². The SMILES string of the molecule is CCCCCCCCOc1ccc(COc2cc(COc3cc(OCc4cc(OCc5ccc(C)cc5)c(OCc5ccc(OCCCCCCCC)cc5)c(OCc5ccc(OCCCCCCCC)cc5)c4)cc([N+](=O)[O-])c3)cc(OCc3ccc(C)cc3)c2OCc2ccc(OCCCCCCCC)cc2)cc1. The van der Waals surface area contributed by atoms with Crippen molar-refractivity contribution in [2.75, 3.05) is 26.4 Å². The molecule has 0 saturated carbocycles. The molecule has 0 aromatic heterocycles. The molecule has 9 aromatic rings. The lowest BCUT2D eigenvalue weighted by Crippen LogP contribution is -2.07. The number of hydrogen-bond acceptors (Lipinski definition) is 14. The van der Waals surface area contributed by atoms with Crippen LogP contribution in [0.1, 0.15) is 237 Å². The fraction of sp³-hybridized carbons (Fsp3) is 0.438. The summed E-state index contributed by atoms with van der Waals surface area (Å²) in [4.78, 5) is 12.4. The zero-order valence-electron chi connectivity index (χ0n) is 67.0. The summed E-state index contributed by atoms with van der Waals surface area (Å²) in [6.45, 7) is 16.9. The van der Waals surface area contributed by atoms with Crippen LogP contribution >= 0.6 is 0 Å². The average Bonchev–Trinajstić information content (AvgIpc) is 0.816. The lowest BCUT2D eigenvalue weighted by atomic mass is 10.1. The van der Waals surface area contributed by atoms with E-state index in [1.165, 1.54) is 115 Å². The van der Waals surface area contributed by atoms with E-state index in [0.717, 1.165) is 119 Å². The number of benzene rings is 9. The van der Waals surface area contributed by atoms with Gasteiger partial charge in [0, 0.05) is 6.07 Å². The largest absolute Gasteiger partial charge is 0.494 e. The molecule has 111 heavy (non-hydrogen) atoms. The van der Waals surface area contributed by atoms with Gasteiger partial charge in [0.05, 0.1) is 43.5 Å². The summed E-state index contributed by atoms with van der Waals surface area (Å²) < 4.78 is 78.3. The van der Waals surface area contributed by atoms with Crippen molar-refractivity contribution in [1.29, 1.82) is 0 Å². The van der Waals surface area contributed by atoms with Crippen LogP contribution in [-0.2, 0) is 52.9 Å². The first-order chi connectivity index (χ1) is 54.5. The van der Waals surface area contributed by atoms with Gasteiger partial charge in [0.2, 0.25) is 11.5 Å². The van der Waals surface area contributed by atoms with Crippen LogP contribution in [0.5, 0.6) is 69.0 Å². The van der Waals surface area contributed by atoms with Crippen molar-refractivity contribution in [3.8, 4) is 69.0 Å². The quantitative estimate of drug-likeness (QED) is 0.0202. The third-order valence-corrected chi connectivity index (χ3v) is 19.4. The first-order valence-corrected chi connectivity index (χ1v) is 41.1. The Morgan fingerprint density at radius 2 is 0.459 bits per heavy atom. The molecule has 0 radical (unpaired) electrons. The number of unbranched alkanes of at least 4 members (excludes halogenated alkanes) is 20. The van der Waals surface area contributed by atoms with Gasteiger partial charge in [-0.3, -0.25) is 10.1 Å². The molecular formula is C96H121NO14. The summed E-state index contributed by atoms with van der Waals surface area (Å²) >= 11 is 0. The fourth-order valence-corrected chi connectivity index (χ4v) is 12.6. The van der Waals surface area contributed by atoms with Gasteiger partial charge in [-0.1, -0.05) is 264 Å². The Morgan fingerprint density at radius 1 is 0.234 bits per heavy atom. The fourth-order valence-electron chi connectivity index (χ4n) is 12.6. The Hall–Kier alpha value is -10.0. The van der Waals surface area contributed by atoms with Gasteiger partial charge in [0.1, 0.15) is 87.4 Å². The summed E-state index contributed by atoms with van der Waals surface area (Å²) in [5, 5.41) is 12.9. The van der Waals surface area contributed by atoms with Crippen LogP contribution < -0.4 is 56.8 Å². The molecule has 0 aliphatic carbocycles. The molecule has 0 unspecified atom stereocenters. The maximum Gasteiger partial charge on any atom is 0.276 e. The standard InChI is InChI=1S/C96H121NO14/c1-7-11-15-19-23-27-55-100-85-47-39-78(40-48-85)68-108-93-61-82(59-91(106-66-76-35-31-74(5)32-36-76)95(93)110-70-80-43-51-87(52-44-80)102-57-29-25-21-17-13-9-3)72-104-89-63-84(97(98)99)64-90(65-89)105-73-83-60-92(107-67-77-37-33-75(6)34-38-77)96(111-71-81-45-53-88(54-46-81)103-58-30-26-22-18-14-10-4)94(62-83)109-69-79-41-49-86(50-42-79)101-56-28-24-20-16-12-8-2/h31-54,59-65H,7-30,55-58,66-73H2,1-6H3. The van der Waals surface area contributed by atoms with E-state index in [2.05, 4.69) is 65.8 Å². The molecule has 0 fully saturated rings. The van der Waals surface area contributed by atoms with Crippen LogP contribution in [0.3, 0.4) is 0 Å². The molecule has 594 valence electrons. The van der Waals surface area contributed by atoms with Crippen LogP contribution in [0.2, 0.25) is 0 Å². The summed E-state index contributed by atoms with van der Waals surface area (Å²) in [6.07, 6.45) is 28.6. The number of hydrogen-bond donors (Lipinski definition) is 0. The highest BCUT2D eigenvalue weighted by Gasteiger charge is 2.22. The first kappa shape index (κ1) is 85.0. The normalized spacial score (nSPS) is 11.1. The smallest absolute Gasteiger partial charge is 0.276 e. The van der Waals surface area contributed by atoms with Crippen molar-refractivity contribution in [3.63, 3.8) is 0 Å². The van der Waals surface area contributed by atoms with Crippen molar-refractivity contribution in [3.05, 3.63) is 254 Å². The van der Waals surface area contributed by atoms with Crippen LogP contribution in [0.25, 0.3) is 0 Å². The van der Waals surface area contributed by atoms with Crippen LogP contribution in [-0.4, -0.2) is 31.4 Å². The maximum absolute atomic E-state index is 12.9. The second-order valence-electron chi connectivity index (χ2n) is 29.1. The van der Waals surface area contributed by atoms with E-state index in [1.807, 2.05) is 146 Å². The van der Waals surface area contributed by atoms with Crippen molar-refractivity contribution >= 4 is 5.69 Å². The van der Waals surface area contributed by atoms with Crippen molar-refractivity contribution in [1.82, 2.24) is 0 Å². The van der Waals surface area contributed by atoms with Gasteiger partial charge < -0.3 is 56.8 Å². The Kier molecular flexibility index (Phi) is 37.7. The van der Waals surface area contributed by atoms with Gasteiger partial charge in [-0.2, -0.15) is 0 Å². The number of nitrogens with zero attached hydrogens (tertiary/aromatic N) is 1. The van der Waals surface area contributed by atoms with E-state index in [9.17, 15) is 10.1 Å². The summed E-state index contributed by atoms with van der Waals surface area (Å²) in [7, 11) is 0. The van der Waals surface area contributed by atoms with Crippen LogP contribution in [0, 0.1) is 24.0 Å². The third kappa shape index (κ3) is 31.7. The molecule has 15 nitrogen and oxygen atoms in total. The van der Waals surface area contributed by atoms with E-state index in [-0.39, 0.29) is 70.0 Å². The highest BCUT2D eigenvalue weighted by atomic mass is 16.6. The molecule has 0 N–H and O–H groups in total. The monoisotopic (exact) mass is 1510 g/mol. The summed E-state index contributed by atoms with van der Waals surface area (Å²) in [5.41, 5.74) is 8.96. The molecule has 15 heteroatoms. The lowest BCUT2D eigenvalue weighted by molar-refractivity contribution is -0.385. The second kappa shape index (κ2) is 49.3. The van der Waals surface area contributed by atoms with Gasteiger partial charge in [-0.25, -0.2) is 0 Å². The van der Waals surface area contributed by atoms with Gasteiger partial charge in [-0.15, -0.1) is 0 Å². The van der Waals surface area contributed by atoms with Gasteiger partial charge in [0.25, 0.3) is 5.69 Å². The molecule has 0 heterocycles. The molecule has 0 saturated heterocycles. The zero-order valence-corrected chi connectivity index (χ0v) is 67.0. The highest BCUT2D eigenvalue weighted by Crippen LogP contribution is 2.44. The predicted molar refractivity (Wildman–Crippen MR) is 444 cm³/mol. The zero-order chi connectivity index (χ0) is 77.7. The van der Waals surface area contributed by atoms with Gasteiger partial charge in [0.15, 0.2) is 23.0 Å². The average molecular weight is 1510 g/mol. The highest BCUT2D eigenvalue weighted by molar-refractivity contribution is 5.56. The van der Waals surface area contributed by atoms with E-state index >= 15 is 0 Å². The number of ether oxygens (including phenoxy) is 12. The van der Waals surface area contributed by atoms with Crippen molar-refractivity contribution < 1.29 is 61.8 Å². The van der Waals surface area contributed by atoms with E-state index in [1.54, 1.807) is 6.07 Å². The van der Waals surface area contributed by atoms with Crippen molar-refractivity contribution in [2.45, 2.75) is 248 Å². The summed E-state index contributed by atoms with van der Waals surface area (Å²) in [6, 6.07) is 60.3. The number of aryl methyl sites for hydroxylation is 2. The molecule has 0 atom stereocenters. The Morgan fingerprint density at radius 3 is 0.712 bits per heavy atom. The molecule has 0 spiro atoms. The van der Waals surface area contributed by atoms with E-state index in [0.29, 0.717) is 72.1 Å². The third-order valence-electron chi connectivity index (χ3n) is 19.4. The van der Waals surface area contributed by atoms with Crippen molar-refractivity contribution in [2.24, 2.45) is 0 Å². The molecule has 0 aliphatic rings. The summed E-state index contributed by atoms with van der Waals surface area (Å²) in [5.74, 6) is 6.13. The van der Waals surface area contributed by atoms with E-state index in [4.69, 9.17) is 56.8 Å². The minimum atomic E-state index is -0.458. The van der Waals surface area contributed by atoms with Crippen LogP contribution in [0.15, 0.2) is 188 Å². The number of nitro groups is 1. The Bertz CT molecular complexity index is 3810. The topological polar surface area (TPSA) is 154 Å². The lowest BCUT2D eigenvalue weighted by Gasteiger charge is -2.20. The maximum atomic E-state index is 12.9. The minimum absolute atomic E-state index is 0.0427. The number of non-ortho nitro benzene ring substituents is 1. The number of nitro benzene ring substituents is 1. The van der Waals surface area contributed by atoms with E-state index < -0.39 is 4.92 Å². The molecule has 9 rings (SSSR count). The predicted octanol–water partition coefficient (Wildman–Crippen LogP) is 25.8. The molecule has 0 aliphatic heterocycles. The Labute approximate surface area is 661 Å². The second-order valence-corrected chi connectivity index (χ2v) is 29.1. The Balaban J connectivity index is 0.972. The first-order valence-electron chi connectivity index (χ1n) is 41.1. The molecule has 9 aromatic carbocycles. The molecule has 0 amide bonds. The number of rotatable bonds is 57. The molecule has 0 bridgehead atoms.